The zero-order valence-electron chi connectivity index (χ0n) is 14.4. The molecule has 0 aliphatic carbocycles. The minimum atomic E-state index is -0.133. The number of aliphatic imine (C=N–C) groups is 2. The van der Waals surface area contributed by atoms with Crippen LogP contribution in [0.15, 0.2) is 9.98 Å². The number of methoxy groups -OCH3 is 2. The Bertz CT molecular complexity index is 464. The molecule has 2 aliphatic heterocycles. The van der Waals surface area contributed by atoms with Gasteiger partial charge in [-0.3, -0.25) is 4.79 Å². The van der Waals surface area contributed by atoms with Gasteiger partial charge in [0.15, 0.2) is 0 Å². The summed E-state index contributed by atoms with van der Waals surface area (Å²) >= 11 is 0. The third kappa shape index (κ3) is 4.43. The summed E-state index contributed by atoms with van der Waals surface area (Å²) in [6.07, 6.45) is 2.89. The highest BCUT2D eigenvalue weighted by Crippen LogP contribution is 2.26. The summed E-state index contributed by atoms with van der Waals surface area (Å²) in [6, 6.07) is -0.224. The van der Waals surface area contributed by atoms with E-state index in [0.717, 1.165) is 32.4 Å². The molecule has 130 valence electrons. The summed E-state index contributed by atoms with van der Waals surface area (Å²) in [7, 11) is 3.28. The molecule has 0 saturated carbocycles. The van der Waals surface area contributed by atoms with E-state index in [0.29, 0.717) is 30.1 Å². The molecule has 1 fully saturated rings. The molecular formula is C16H27N3O4. The predicted molar refractivity (Wildman–Crippen MR) is 87.4 cm³/mol. The Kier molecular flexibility index (Phi) is 6.38. The quantitative estimate of drug-likeness (QED) is 0.719. The first-order valence-corrected chi connectivity index (χ1v) is 8.17. The second-order valence-electron chi connectivity index (χ2n) is 6.38. The van der Waals surface area contributed by atoms with Gasteiger partial charge >= 0.3 is 6.47 Å². The summed E-state index contributed by atoms with van der Waals surface area (Å²) in [4.78, 5) is 24.9. The first-order valence-electron chi connectivity index (χ1n) is 8.17. The zero-order chi connectivity index (χ0) is 16.8. The molecule has 2 rings (SSSR count). The number of carbonyl (C=O) groups is 1. The van der Waals surface area contributed by atoms with Crippen molar-refractivity contribution in [3.8, 4) is 0 Å². The van der Waals surface area contributed by atoms with Crippen molar-refractivity contribution in [1.82, 2.24) is 5.06 Å². The SMILES string of the molecule is COC1=N[C@@H](CC2CCCN(OC=O)C2)C(OC)=NC1C(C)C. The van der Waals surface area contributed by atoms with Gasteiger partial charge in [0.25, 0.3) is 0 Å². The molecule has 0 aromatic rings. The second kappa shape index (κ2) is 8.29. The smallest absolute Gasteiger partial charge is 0.312 e. The van der Waals surface area contributed by atoms with Gasteiger partial charge in [0.1, 0.15) is 12.1 Å². The van der Waals surface area contributed by atoms with E-state index in [4.69, 9.17) is 24.3 Å². The van der Waals surface area contributed by atoms with Crippen molar-refractivity contribution in [2.24, 2.45) is 21.8 Å². The molecule has 0 bridgehead atoms. The van der Waals surface area contributed by atoms with Crippen LogP contribution < -0.4 is 0 Å². The lowest BCUT2D eigenvalue weighted by Crippen LogP contribution is -2.41. The number of hydrogen-bond donors (Lipinski definition) is 0. The van der Waals surface area contributed by atoms with Gasteiger partial charge in [0, 0.05) is 13.1 Å². The molecular weight excluding hydrogens is 298 g/mol. The molecule has 0 aromatic carbocycles. The number of rotatable bonds is 5. The number of hydrogen-bond acceptors (Lipinski definition) is 7. The van der Waals surface area contributed by atoms with Gasteiger partial charge in [-0.25, -0.2) is 9.98 Å². The van der Waals surface area contributed by atoms with E-state index >= 15 is 0 Å². The fourth-order valence-electron chi connectivity index (χ4n) is 3.21. The maximum Gasteiger partial charge on any atom is 0.312 e. The van der Waals surface area contributed by atoms with Crippen molar-refractivity contribution in [1.29, 1.82) is 0 Å². The minimum absolute atomic E-state index is 0.0903. The lowest BCUT2D eigenvalue weighted by molar-refractivity contribution is -0.182. The summed E-state index contributed by atoms with van der Waals surface area (Å²) < 4.78 is 10.9. The Balaban J connectivity index is 2.07. The standard InChI is InChI=1S/C16H27N3O4/c1-11(2)14-16(22-4)17-13(15(18-14)21-3)8-12-6-5-7-19(9-12)23-10-20/h10-14H,5-9H2,1-4H3/t12?,13-,14?/m0/s1. The van der Waals surface area contributed by atoms with Crippen LogP contribution >= 0.6 is 0 Å². The molecule has 1 saturated heterocycles. The van der Waals surface area contributed by atoms with E-state index in [-0.39, 0.29) is 12.1 Å². The number of carbonyl (C=O) groups excluding carboxylic acids is 1. The molecule has 2 heterocycles. The lowest BCUT2D eigenvalue weighted by Gasteiger charge is -2.33. The molecule has 0 radical (unpaired) electrons. The highest BCUT2D eigenvalue weighted by molar-refractivity contribution is 5.94. The van der Waals surface area contributed by atoms with Crippen LogP contribution in [0.2, 0.25) is 0 Å². The van der Waals surface area contributed by atoms with E-state index in [1.165, 1.54) is 0 Å². The summed E-state index contributed by atoms with van der Waals surface area (Å²) in [6.45, 7) is 6.17. The van der Waals surface area contributed by atoms with Gasteiger partial charge in [-0.1, -0.05) is 13.8 Å². The fraction of sp³-hybridized carbons (Fsp3) is 0.812. The average Bonchev–Trinajstić information content (AvgIpc) is 2.55. The number of piperidine rings is 1. The fourth-order valence-corrected chi connectivity index (χ4v) is 3.21. The van der Waals surface area contributed by atoms with Crippen LogP contribution in [0.4, 0.5) is 0 Å². The van der Waals surface area contributed by atoms with Gasteiger partial charge in [0.2, 0.25) is 11.8 Å². The van der Waals surface area contributed by atoms with E-state index in [2.05, 4.69) is 13.8 Å². The van der Waals surface area contributed by atoms with E-state index in [9.17, 15) is 4.79 Å². The molecule has 23 heavy (non-hydrogen) atoms. The zero-order valence-corrected chi connectivity index (χ0v) is 14.4. The Morgan fingerprint density at radius 3 is 2.61 bits per heavy atom. The maximum atomic E-state index is 10.5. The minimum Gasteiger partial charge on any atom is -0.483 e. The van der Waals surface area contributed by atoms with E-state index in [1.807, 2.05) is 0 Å². The number of nitrogens with zero attached hydrogens (tertiary/aromatic N) is 3. The van der Waals surface area contributed by atoms with Crippen LogP contribution in [0, 0.1) is 11.8 Å². The normalized spacial score (nSPS) is 28.8. The van der Waals surface area contributed by atoms with Crippen molar-refractivity contribution in [2.45, 2.75) is 45.2 Å². The van der Waals surface area contributed by atoms with Crippen molar-refractivity contribution in [2.75, 3.05) is 27.3 Å². The van der Waals surface area contributed by atoms with E-state index in [1.54, 1.807) is 19.3 Å². The average molecular weight is 325 g/mol. The monoisotopic (exact) mass is 325 g/mol. The van der Waals surface area contributed by atoms with Gasteiger partial charge < -0.3 is 14.3 Å². The Hall–Kier alpha value is -1.63. The van der Waals surface area contributed by atoms with Crippen LogP contribution in [-0.2, 0) is 19.1 Å². The molecule has 0 aromatic heterocycles. The Morgan fingerprint density at radius 1 is 1.26 bits per heavy atom. The molecule has 7 heteroatoms. The summed E-state index contributed by atoms with van der Waals surface area (Å²) in [5.74, 6) is 2.01. The molecule has 2 unspecified atom stereocenters. The van der Waals surface area contributed by atoms with Crippen LogP contribution in [0.25, 0.3) is 0 Å². The highest BCUT2D eigenvalue weighted by atomic mass is 16.7. The molecule has 0 spiro atoms. The van der Waals surface area contributed by atoms with Crippen LogP contribution in [0.3, 0.4) is 0 Å². The Morgan fingerprint density at radius 2 is 2.00 bits per heavy atom. The van der Waals surface area contributed by atoms with Crippen LogP contribution in [-0.4, -0.2) is 62.7 Å². The van der Waals surface area contributed by atoms with Gasteiger partial charge in [-0.2, -0.15) is 0 Å². The molecule has 2 aliphatic rings. The highest BCUT2D eigenvalue weighted by Gasteiger charge is 2.33. The predicted octanol–water partition coefficient (Wildman–Crippen LogP) is 1.67. The third-order valence-electron chi connectivity index (χ3n) is 4.37. The number of ether oxygens (including phenoxy) is 2. The molecule has 3 atom stereocenters. The third-order valence-corrected chi connectivity index (χ3v) is 4.37. The Labute approximate surface area is 137 Å². The summed E-state index contributed by atoms with van der Waals surface area (Å²) in [5.41, 5.74) is 0. The van der Waals surface area contributed by atoms with Crippen molar-refractivity contribution in [3.63, 3.8) is 0 Å². The first kappa shape index (κ1) is 17.7. The van der Waals surface area contributed by atoms with Crippen LogP contribution in [0.1, 0.15) is 33.1 Å². The summed E-state index contributed by atoms with van der Waals surface area (Å²) in [5, 5.41) is 1.71. The topological polar surface area (TPSA) is 72.7 Å². The van der Waals surface area contributed by atoms with Crippen LogP contribution in [0.5, 0.6) is 0 Å². The largest absolute Gasteiger partial charge is 0.483 e. The second-order valence-corrected chi connectivity index (χ2v) is 6.38. The van der Waals surface area contributed by atoms with Crippen molar-refractivity contribution >= 4 is 18.3 Å². The first-order chi connectivity index (χ1) is 11.1. The molecule has 0 amide bonds. The van der Waals surface area contributed by atoms with E-state index < -0.39 is 0 Å². The van der Waals surface area contributed by atoms with Gasteiger partial charge in [-0.05, 0) is 31.1 Å². The molecule has 0 N–H and O–H groups in total. The number of hydroxylamine groups is 2. The van der Waals surface area contributed by atoms with Gasteiger partial charge in [-0.15, -0.1) is 5.06 Å². The van der Waals surface area contributed by atoms with Crippen molar-refractivity contribution < 1.29 is 19.1 Å². The van der Waals surface area contributed by atoms with Gasteiger partial charge in [0.05, 0.1) is 14.2 Å². The lowest BCUT2D eigenvalue weighted by atomic mass is 9.91. The maximum absolute atomic E-state index is 10.5. The van der Waals surface area contributed by atoms with Crippen molar-refractivity contribution in [3.05, 3.63) is 0 Å². The molecule has 7 nitrogen and oxygen atoms in total.